The van der Waals surface area contributed by atoms with E-state index in [1.807, 2.05) is 42.5 Å². The minimum Gasteiger partial charge on any atom is -0.488 e. The minimum absolute atomic E-state index is 0.321. The predicted molar refractivity (Wildman–Crippen MR) is 84.9 cm³/mol. The van der Waals surface area contributed by atoms with Gasteiger partial charge in [-0.2, -0.15) is 10.4 Å². The molecule has 0 N–H and O–H groups in total. The molecule has 1 aromatic heterocycles. The fourth-order valence-corrected chi connectivity index (χ4v) is 2.01. The molecule has 0 aliphatic heterocycles. The van der Waals surface area contributed by atoms with E-state index in [1.165, 1.54) is 17.3 Å². The largest absolute Gasteiger partial charge is 0.488 e. The number of ether oxygens (including phenoxy) is 1. The normalized spacial score (nSPS) is 10.6. The van der Waals surface area contributed by atoms with Crippen molar-refractivity contribution in [3.63, 3.8) is 0 Å². The molecule has 23 heavy (non-hydrogen) atoms. The second-order valence-electron chi connectivity index (χ2n) is 4.68. The van der Waals surface area contributed by atoms with Crippen LogP contribution in [0.2, 0.25) is 0 Å². The van der Waals surface area contributed by atoms with E-state index in [4.69, 9.17) is 10.00 Å². The molecule has 0 bridgehead atoms. The molecule has 0 saturated heterocycles. The van der Waals surface area contributed by atoms with Crippen LogP contribution >= 0.6 is 0 Å². The van der Waals surface area contributed by atoms with Crippen LogP contribution in [0.15, 0.2) is 66.3 Å². The Labute approximate surface area is 133 Å². The smallest absolute Gasteiger partial charge is 0.141 e. The van der Waals surface area contributed by atoms with E-state index in [9.17, 15) is 0 Å². The summed E-state index contributed by atoms with van der Waals surface area (Å²) in [6.45, 7) is 0.321. The molecule has 0 atom stereocenters. The van der Waals surface area contributed by atoms with Crippen molar-refractivity contribution < 1.29 is 4.74 Å². The van der Waals surface area contributed by atoms with Crippen LogP contribution in [0.25, 0.3) is 0 Å². The summed E-state index contributed by atoms with van der Waals surface area (Å²) in [5, 5.41) is 20.7. The summed E-state index contributed by atoms with van der Waals surface area (Å²) < 4.78 is 7.35. The highest BCUT2D eigenvalue weighted by Gasteiger charge is 2.04. The van der Waals surface area contributed by atoms with Gasteiger partial charge in [0.2, 0.25) is 0 Å². The molecular weight excluding hydrogens is 290 g/mol. The third-order valence-electron chi connectivity index (χ3n) is 3.18. The zero-order chi connectivity index (χ0) is 15.9. The van der Waals surface area contributed by atoms with Gasteiger partial charge in [0, 0.05) is 11.1 Å². The van der Waals surface area contributed by atoms with Gasteiger partial charge in [-0.1, -0.05) is 30.3 Å². The van der Waals surface area contributed by atoms with E-state index in [2.05, 4.69) is 21.4 Å². The first kappa shape index (κ1) is 14.5. The Kier molecular flexibility index (Phi) is 4.41. The Hall–Kier alpha value is -3.46. The summed E-state index contributed by atoms with van der Waals surface area (Å²) in [5.41, 5.74) is 2.29. The molecule has 2 aromatic carbocycles. The standard InChI is InChI=1S/C17H13N5O/c18-9-14-5-1-2-7-16(14)11-23-17-8-4-3-6-15(17)10-21-22-12-19-20-13-22/h1-8,10,12-13H,11H2/b21-10-. The van der Waals surface area contributed by atoms with Gasteiger partial charge in [0.05, 0.1) is 17.8 Å². The summed E-state index contributed by atoms with van der Waals surface area (Å²) in [7, 11) is 0. The zero-order valence-corrected chi connectivity index (χ0v) is 12.2. The predicted octanol–water partition coefficient (Wildman–Crippen LogP) is 2.61. The third kappa shape index (κ3) is 3.60. The van der Waals surface area contributed by atoms with Crippen LogP contribution in [0.4, 0.5) is 0 Å². The van der Waals surface area contributed by atoms with Gasteiger partial charge < -0.3 is 4.74 Å². The van der Waals surface area contributed by atoms with Crippen molar-refractivity contribution in [2.45, 2.75) is 6.61 Å². The lowest BCUT2D eigenvalue weighted by molar-refractivity contribution is 0.305. The van der Waals surface area contributed by atoms with E-state index >= 15 is 0 Å². The molecule has 0 spiro atoms. The van der Waals surface area contributed by atoms with Crippen molar-refractivity contribution in [3.05, 3.63) is 77.9 Å². The van der Waals surface area contributed by atoms with Crippen molar-refractivity contribution >= 4 is 6.21 Å². The topological polar surface area (TPSA) is 76.1 Å². The van der Waals surface area contributed by atoms with E-state index in [-0.39, 0.29) is 0 Å². The van der Waals surface area contributed by atoms with Gasteiger partial charge in [-0.3, -0.25) is 0 Å². The number of hydrogen-bond acceptors (Lipinski definition) is 5. The molecule has 3 aromatic rings. The average Bonchev–Trinajstić information content (AvgIpc) is 3.12. The lowest BCUT2D eigenvalue weighted by Gasteiger charge is -2.09. The summed E-state index contributed by atoms with van der Waals surface area (Å²) in [5.74, 6) is 0.692. The molecule has 6 nitrogen and oxygen atoms in total. The van der Waals surface area contributed by atoms with E-state index in [0.29, 0.717) is 17.9 Å². The van der Waals surface area contributed by atoms with Crippen LogP contribution in [-0.4, -0.2) is 21.1 Å². The Morgan fingerprint density at radius 1 is 1.09 bits per heavy atom. The third-order valence-corrected chi connectivity index (χ3v) is 3.18. The molecule has 0 fully saturated rings. The van der Waals surface area contributed by atoms with Gasteiger partial charge in [-0.25, -0.2) is 4.68 Å². The SMILES string of the molecule is N#Cc1ccccc1COc1ccccc1/C=N\n1cnnc1. The van der Waals surface area contributed by atoms with Gasteiger partial charge in [0.1, 0.15) is 25.0 Å². The molecular formula is C17H13N5O. The molecule has 0 saturated carbocycles. The number of rotatable bonds is 5. The van der Waals surface area contributed by atoms with Gasteiger partial charge in [-0.05, 0) is 18.2 Å². The summed E-state index contributed by atoms with van der Waals surface area (Å²) in [4.78, 5) is 0. The van der Waals surface area contributed by atoms with Crippen molar-refractivity contribution in [2.75, 3.05) is 0 Å². The van der Waals surface area contributed by atoms with Gasteiger partial charge in [-0.15, -0.1) is 10.2 Å². The van der Waals surface area contributed by atoms with E-state index in [0.717, 1.165) is 11.1 Å². The zero-order valence-electron chi connectivity index (χ0n) is 12.2. The maximum Gasteiger partial charge on any atom is 0.141 e. The van der Waals surface area contributed by atoms with Crippen LogP contribution in [0.1, 0.15) is 16.7 Å². The molecule has 112 valence electrons. The molecule has 0 aliphatic carbocycles. The molecule has 1 heterocycles. The Bertz CT molecular complexity index is 849. The Morgan fingerprint density at radius 3 is 2.65 bits per heavy atom. The van der Waals surface area contributed by atoms with Crippen molar-refractivity contribution in [3.8, 4) is 11.8 Å². The minimum atomic E-state index is 0.321. The van der Waals surface area contributed by atoms with Crippen molar-refractivity contribution in [2.24, 2.45) is 5.10 Å². The maximum absolute atomic E-state index is 9.12. The first-order chi connectivity index (χ1) is 11.4. The molecule has 0 amide bonds. The summed E-state index contributed by atoms with van der Waals surface area (Å²) in [6.07, 6.45) is 4.68. The Morgan fingerprint density at radius 2 is 1.83 bits per heavy atom. The fourth-order valence-electron chi connectivity index (χ4n) is 2.01. The van der Waals surface area contributed by atoms with Gasteiger partial charge >= 0.3 is 0 Å². The second kappa shape index (κ2) is 7.00. The first-order valence-corrected chi connectivity index (χ1v) is 6.95. The number of nitriles is 1. The highest BCUT2D eigenvalue weighted by Crippen LogP contribution is 2.18. The molecule has 0 aliphatic rings. The van der Waals surface area contributed by atoms with Crippen LogP contribution in [0.5, 0.6) is 5.75 Å². The van der Waals surface area contributed by atoms with E-state index < -0.39 is 0 Å². The Balaban J connectivity index is 1.77. The highest BCUT2D eigenvalue weighted by molar-refractivity contribution is 5.83. The van der Waals surface area contributed by atoms with Crippen LogP contribution < -0.4 is 4.74 Å². The number of benzene rings is 2. The second-order valence-corrected chi connectivity index (χ2v) is 4.68. The molecule has 0 radical (unpaired) electrons. The quantitative estimate of drug-likeness (QED) is 0.679. The molecule has 3 rings (SSSR count). The van der Waals surface area contributed by atoms with Crippen molar-refractivity contribution in [1.29, 1.82) is 5.26 Å². The van der Waals surface area contributed by atoms with Gasteiger partial charge in [0.15, 0.2) is 0 Å². The lowest BCUT2D eigenvalue weighted by Crippen LogP contribution is -2.00. The van der Waals surface area contributed by atoms with Crippen LogP contribution in [-0.2, 0) is 6.61 Å². The van der Waals surface area contributed by atoms with Crippen molar-refractivity contribution in [1.82, 2.24) is 14.9 Å². The lowest BCUT2D eigenvalue weighted by atomic mass is 10.1. The average molecular weight is 303 g/mol. The van der Waals surface area contributed by atoms with Gasteiger partial charge in [0.25, 0.3) is 0 Å². The number of para-hydroxylation sites is 1. The highest BCUT2D eigenvalue weighted by atomic mass is 16.5. The summed E-state index contributed by atoms with van der Waals surface area (Å²) >= 11 is 0. The van der Waals surface area contributed by atoms with Crippen LogP contribution in [0, 0.1) is 11.3 Å². The number of aromatic nitrogens is 3. The van der Waals surface area contributed by atoms with E-state index in [1.54, 1.807) is 12.3 Å². The monoisotopic (exact) mass is 303 g/mol. The summed E-state index contributed by atoms with van der Waals surface area (Å²) in [6, 6.07) is 17.1. The molecule has 6 heteroatoms. The maximum atomic E-state index is 9.12. The molecule has 0 unspecified atom stereocenters. The fraction of sp³-hybridized carbons (Fsp3) is 0.0588. The van der Waals surface area contributed by atoms with Crippen LogP contribution in [0.3, 0.4) is 0 Å². The first-order valence-electron chi connectivity index (χ1n) is 6.95. The number of nitrogens with zero attached hydrogens (tertiary/aromatic N) is 5. The number of hydrogen-bond donors (Lipinski definition) is 0.